The number of hydrogen-bond donors (Lipinski definition) is 2. The first kappa shape index (κ1) is 14.8. The molecule has 0 saturated heterocycles. The maximum atomic E-state index is 5.44. The molecule has 4 atom stereocenters. The highest BCUT2D eigenvalue weighted by molar-refractivity contribution is 7.80. The van der Waals surface area contributed by atoms with E-state index in [1.807, 2.05) is 0 Å². The second kappa shape index (κ2) is 6.78. The molecule has 0 unspecified atom stereocenters. The Morgan fingerprint density at radius 3 is 2.71 bits per heavy atom. The normalized spacial score (nSPS) is 28.3. The highest BCUT2D eigenvalue weighted by atomic mass is 32.1. The van der Waals surface area contributed by atoms with Crippen LogP contribution in [0.15, 0.2) is 30.3 Å². The van der Waals surface area contributed by atoms with Crippen LogP contribution in [0.5, 0.6) is 0 Å². The van der Waals surface area contributed by atoms with Crippen molar-refractivity contribution in [2.75, 3.05) is 6.54 Å². The largest absolute Gasteiger partial charge is 0.362 e. The van der Waals surface area contributed by atoms with Gasteiger partial charge in [-0.1, -0.05) is 36.8 Å². The van der Waals surface area contributed by atoms with Crippen molar-refractivity contribution in [1.29, 1.82) is 0 Å². The van der Waals surface area contributed by atoms with Crippen LogP contribution in [0, 0.1) is 17.8 Å². The molecule has 1 aromatic carbocycles. The highest BCUT2D eigenvalue weighted by Gasteiger charge is 2.41. The summed E-state index contributed by atoms with van der Waals surface area (Å²) in [5.74, 6) is 2.78. The summed E-state index contributed by atoms with van der Waals surface area (Å²) in [6, 6.07) is 11.1. The standard InChI is InChI=1S/C18H26N2S/c1-13(17-12-15-7-8-16(17)11-15)20-18(21)19-10-9-14-5-3-2-4-6-14/h2-6,13,15-17H,7-12H2,1H3,(H2,19,20,21)/t13-,15-,16-,17-/m0/s1. The molecule has 21 heavy (non-hydrogen) atoms. The van der Waals surface area contributed by atoms with Gasteiger partial charge in [-0.05, 0) is 68.1 Å². The number of benzene rings is 1. The van der Waals surface area contributed by atoms with Crippen LogP contribution in [0.2, 0.25) is 0 Å². The van der Waals surface area contributed by atoms with Gasteiger partial charge in [0, 0.05) is 12.6 Å². The van der Waals surface area contributed by atoms with Crippen LogP contribution in [0.3, 0.4) is 0 Å². The number of thiocarbonyl (C=S) groups is 1. The van der Waals surface area contributed by atoms with Crippen LogP contribution in [0.4, 0.5) is 0 Å². The highest BCUT2D eigenvalue weighted by Crippen LogP contribution is 2.49. The Morgan fingerprint density at radius 1 is 1.24 bits per heavy atom. The average Bonchev–Trinajstić information content (AvgIpc) is 3.11. The summed E-state index contributed by atoms with van der Waals surface area (Å²) in [7, 11) is 0. The van der Waals surface area contributed by atoms with Gasteiger partial charge in [0.1, 0.15) is 0 Å². The average molecular weight is 302 g/mol. The van der Waals surface area contributed by atoms with E-state index in [9.17, 15) is 0 Å². The molecular weight excluding hydrogens is 276 g/mol. The van der Waals surface area contributed by atoms with Gasteiger partial charge in [0.05, 0.1) is 0 Å². The predicted octanol–water partition coefficient (Wildman–Crippen LogP) is 3.52. The molecule has 0 amide bonds. The fraction of sp³-hybridized carbons (Fsp3) is 0.611. The molecule has 0 heterocycles. The van der Waals surface area contributed by atoms with Gasteiger partial charge >= 0.3 is 0 Å². The van der Waals surface area contributed by atoms with Crippen LogP contribution in [-0.4, -0.2) is 17.7 Å². The van der Waals surface area contributed by atoms with Gasteiger partial charge in [0.15, 0.2) is 5.11 Å². The van der Waals surface area contributed by atoms with Crippen LogP contribution in [0.25, 0.3) is 0 Å². The van der Waals surface area contributed by atoms with Gasteiger partial charge < -0.3 is 10.6 Å². The molecule has 2 bridgehead atoms. The first-order chi connectivity index (χ1) is 10.2. The van der Waals surface area contributed by atoms with E-state index in [-0.39, 0.29) is 0 Å². The summed E-state index contributed by atoms with van der Waals surface area (Å²) in [5, 5.41) is 7.68. The van der Waals surface area contributed by atoms with E-state index in [0.717, 1.165) is 35.8 Å². The number of nitrogens with one attached hydrogen (secondary N) is 2. The molecule has 114 valence electrons. The number of rotatable bonds is 5. The smallest absolute Gasteiger partial charge is 0.166 e. The fourth-order valence-corrected chi connectivity index (χ4v) is 4.52. The minimum atomic E-state index is 0.511. The molecule has 0 spiro atoms. The Labute approximate surface area is 133 Å². The first-order valence-electron chi connectivity index (χ1n) is 8.30. The fourth-order valence-electron chi connectivity index (χ4n) is 4.24. The van der Waals surface area contributed by atoms with Crippen molar-refractivity contribution in [3.63, 3.8) is 0 Å². The van der Waals surface area contributed by atoms with E-state index in [4.69, 9.17) is 12.2 Å². The van der Waals surface area contributed by atoms with E-state index < -0.39 is 0 Å². The third-order valence-corrected chi connectivity index (χ3v) is 5.60. The van der Waals surface area contributed by atoms with Crippen LogP contribution in [-0.2, 0) is 6.42 Å². The molecule has 0 aromatic heterocycles. The summed E-state index contributed by atoms with van der Waals surface area (Å²) in [5.41, 5.74) is 1.36. The summed E-state index contributed by atoms with van der Waals surface area (Å²) < 4.78 is 0. The lowest BCUT2D eigenvalue weighted by Gasteiger charge is -2.29. The zero-order valence-electron chi connectivity index (χ0n) is 12.8. The second-order valence-electron chi connectivity index (χ2n) is 6.76. The summed E-state index contributed by atoms with van der Waals surface area (Å²) in [6.45, 7) is 3.20. The predicted molar refractivity (Wildman–Crippen MR) is 92.3 cm³/mol. The van der Waals surface area contributed by atoms with E-state index >= 15 is 0 Å². The zero-order valence-corrected chi connectivity index (χ0v) is 13.7. The van der Waals surface area contributed by atoms with Crippen molar-refractivity contribution in [3.8, 4) is 0 Å². The lowest BCUT2D eigenvalue weighted by molar-refractivity contribution is 0.278. The van der Waals surface area contributed by atoms with Crippen molar-refractivity contribution < 1.29 is 0 Å². The molecule has 0 aliphatic heterocycles. The van der Waals surface area contributed by atoms with Crippen molar-refractivity contribution >= 4 is 17.3 Å². The van der Waals surface area contributed by atoms with Gasteiger partial charge in [-0.25, -0.2) is 0 Å². The van der Waals surface area contributed by atoms with E-state index in [0.29, 0.717) is 6.04 Å². The Morgan fingerprint density at radius 2 is 2.05 bits per heavy atom. The van der Waals surface area contributed by atoms with E-state index in [1.54, 1.807) is 0 Å². The second-order valence-corrected chi connectivity index (χ2v) is 7.17. The van der Waals surface area contributed by atoms with Gasteiger partial charge in [-0.15, -0.1) is 0 Å². The third-order valence-electron chi connectivity index (χ3n) is 5.34. The lowest BCUT2D eigenvalue weighted by atomic mass is 9.84. The van der Waals surface area contributed by atoms with Gasteiger partial charge in [0.25, 0.3) is 0 Å². The molecule has 2 N–H and O–H groups in total. The molecule has 2 nitrogen and oxygen atoms in total. The van der Waals surface area contributed by atoms with Crippen molar-refractivity contribution in [2.45, 2.75) is 45.1 Å². The van der Waals surface area contributed by atoms with Gasteiger partial charge in [0.2, 0.25) is 0 Å². The van der Waals surface area contributed by atoms with Gasteiger partial charge in [-0.2, -0.15) is 0 Å². The monoisotopic (exact) mass is 302 g/mol. The Kier molecular flexibility index (Phi) is 4.79. The molecular formula is C18H26N2S. The molecule has 3 heteroatoms. The van der Waals surface area contributed by atoms with Crippen LogP contribution in [0.1, 0.15) is 38.2 Å². The summed E-state index contributed by atoms with van der Waals surface area (Å²) in [6.07, 6.45) is 6.80. The van der Waals surface area contributed by atoms with Crippen molar-refractivity contribution in [3.05, 3.63) is 35.9 Å². The van der Waals surface area contributed by atoms with Crippen LogP contribution >= 0.6 is 12.2 Å². The third kappa shape index (κ3) is 3.76. The Bertz CT molecular complexity index is 473. The van der Waals surface area contributed by atoms with Gasteiger partial charge in [-0.3, -0.25) is 0 Å². The number of fused-ring (bicyclic) bond motifs is 2. The SMILES string of the molecule is C[C@H](NC(=S)NCCc1ccccc1)[C@@H]1C[C@H]2CC[C@H]1C2. The quantitative estimate of drug-likeness (QED) is 0.814. The topological polar surface area (TPSA) is 24.1 Å². The summed E-state index contributed by atoms with van der Waals surface area (Å²) in [4.78, 5) is 0. The number of hydrogen-bond acceptors (Lipinski definition) is 1. The molecule has 2 fully saturated rings. The summed E-state index contributed by atoms with van der Waals surface area (Å²) >= 11 is 5.44. The van der Waals surface area contributed by atoms with E-state index in [1.165, 1.54) is 31.2 Å². The Hall–Kier alpha value is -1.09. The molecule has 3 rings (SSSR count). The maximum Gasteiger partial charge on any atom is 0.166 e. The molecule has 2 aliphatic carbocycles. The maximum absolute atomic E-state index is 5.44. The van der Waals surface area contributed by atoms with Crippen molar-refractivity contribution in [1.82, 2.24) is 10.6 Å². The minimum Gasteiger partial charge on any atom is -0.362 e. The Balaban J connectivity index is 1.38. The van der Waals surface area contributed by atoms with Crippen LogP contribution < -0.4 is 10.6 Å². The molecule has 0 radical (unpaired) electrons. The van der Waals surface area contributed by atoms with E-state index in [2.05, 4.69) is 47.9 Å². The minimum absolute atomic E-state index is 0.511. The lowest BCUT2D eigenvalue weighted by Crippen LogP contribution is -2.45. The molecule has 2 aliphatic rings. The first-order valence-corrected chi connectivity index (χ1v) is 8.71. The zero-order chi connectivity index (χ0) is 14.7. The molecule has 2 saturated carbocycles. The molecule has 1 aromatic rings. The van der Waals surface area contributed by atoms with Crippen molar-refractivity contribution in [2.24, 2.45) is 17.8 Å².